The van der Waals surface area contributed by atoms with Gasteiger partial charge in [-0.3, -0.25) is 9.59 Å². The van der Waals surface area contributed by atoms with Crippen LogP contribution in [-0.4, -0.2) is 52.2 Å². The van der Waals surface area contributed by atoms with Crippen molar-refractivity contribution in [2.45, 2.75) is 20.8 Å². The minimum atomic E-state index is -0.592. The Labute approximate surface area is 185 Å². The monoisotopic (exact) mass is 449 g/mol. The fourth-order valence-electron chi connectivity index (χ4n) is 2.90. The van der Waals surface area contributed by atoms with Crippen LogP contribution in [-0.2, 0) is 9.53 Å². The van der Waals surface area contributed by atoms with Crippen molar-refractivity contribution in [1.29, 1.82) is 0 Å². The van der Waals surface area contributed by atoms with Gasteiger partial charge in [-0.25, -0.2) is 4.79 Å². The van der Waals surface area contributed by atoms with E-state index >= 15 is 0 Å². The number of methoxy groups -OCH3 is 2. The number of esters is 1. The maximum atomic E-state index is 12.6. The molecule has 0 bridgehead atoms. The van der Waals surface area contributed by atoms with E-state index in [0.717, 1.165) is 16.9 Å². The van der Waals surface area contributed by atoms with Gasteiger partial charge in [-0.15, -0.1) is 11.3 Å². The quantitative estimate of drug-likeness (QED) is 0.504. The summed E-state index contributed by atoms with van der Waals surface area (Å²) < 4.78 is 15.7. The Morgan fingerprint density at radius 2 is 1.71 bits per heavy atom. The molecule has 0 fully saturated rings. The van der Waals surface area contributed by atoms with Gasteiger partial charge in [0.25, 0.3) is 5.91 Å². The van der Waals surface area contributed by atoms with Crippen LogP contribution in [0.4, 0.5) is 10.7 Å². The highest BCUT2D eigenvalue weighted by Gasteiger charge is 2.26. The lowest BCUT2D eigenvalue weighted by atomic mass is 10.1. The summed E-state index contributed by atoms with van der Waals surface area (Å²) >= 11 is 1.03. The summed E-state index contributed by atoms with van der Waals surface area (Å²) in [5.41, 5.74) is 2.21. The Hall–Kier alpha value is -3.27. The number of carbonyl (C=O) groups is 3. The van der Waals surface area contributed by atoms with E-state index in [0.29, 0.717) is 27.6 Å². The van der Waals surface area contributed by atoms with Gasteiger partial charge in [-0.1, -0.05) is 0 Å². The molecule has 0 aliphatic rings. The lowest BCUT2D eigenvalue weighted by Crippen LogP contribution is -2.23. The Bertz CT molecular complexity index is 986. The molecule has 2 aromatic rings. The van der Waals surface area contributed by atoms with Crippen molar-refractivity contribution in [2.24, 2.45) is 0 Å². The maximum absolute atomic E-state index is 12.6. The predicted octanol–water partition coefficient (Wildman–Crippen LogP) is 2.97. The van der Waals surface area contributed by atoms with Crippen molar-refractivity contribution >= 4 is 39.8 Å². The fraction of sp³-hybridized carbons (Fsp3) is 0.381. The second kappa shape index (κ2) is 10.7. The van der Waals surface area contributed by atoms with Crippen molar-refractivity contribution in [3.8, 4) is 11.5 Å². The topological polar surface area (TPSA) is 115 Å². The second-order valence-electron chi connectivity index (χ2n) is 6.48. The van der Waals surface area contributed by atoms with Crippen molar-refractivity contribution in [2.75, 3.05) is 45.1 Å². The zero-order valence-corrected chi connectivity index (χ0v) is 19.2. The average Bonchev–Trinajstić information content (AvgIpc) is 3.07. The number of thiophene rings is 1. The molecule has 0 spiro atoms. The molecule has 31 heavy (non-hydrogen) atoms. The molecule has 0 atom stereocenters. The summed E-state index contributed by atoms with van der Waals surface area (Å²) in [6.45, 7) is 5.32. The Balaban J connectivity index is 2.22. The Kier molecular flexibility index (Phi) is 8.26. The highest BCUT2D eigenvalue weighted by molar-refractivity contribution is 7.18. The van der Waals surface area contributed by atoms with Gasteiger partial charge >= 0.3 is 5.97 Å². The maximum Gasteiger partial charge on any atom is 0.341 e. The molecule has 0 radical (unpaired) electrons. The molecule has 3 N–H and O–H groups in total. The van der Waals surface area contributed by atoms with Gasteiger partial charge in [-0.05, 0) is 38.0 Å². The minimum absolute atomic E-state index is 0.0646. The van der Waals surface area contributed by atoms with Gasteiger partial charge in [0.15, 0.2) is 11.5 Å². The number of benzene rings is 1. The predicted molar refractivity (Wildman–Crippen MR) is 120 cm³/mol. The van der Waals surface area contributed by atoms with Crippen LogP contribution in [0.5, 0.6) is 11.5 Å². The van der Waals surface area contributed by atoms with Crippen molar-refractivity contribution in [3.05, 3.63) is 33.7 Å². The van der Waals surface area contributed by atoms with E-state index in [1.165, 1.54) is 14.2 Å². The van der Waals surface area contributed by atoms with E-state index in [4.69, 9.17) is 14.2 Å². The molecule has 2 rings (SSSR count). The third kappa shape index (κ3) is 5.46. The molecule has 0 saturated heterocycles. The number of hydrogen-bond donors (Lipinski definition) is 3. The van der Waals surface area contributed by atoms with Crippen LogP contribution in [0.25, 0.3) is 0 Å². The zero-order chi connectivity index (χ0) is 23.1. The van der Waals surface area contributed by atoms with Crippen LogP contribution >= 0.6 is 11.3 Å². The number of nitrogens with one attached hydrogen (secondary N) is 3. The first-order valence-corrected chi connectivity index (χ1v) is 10.4. The van der Waals surface area contributed by atoms with Crippen molar-refractivity contribution < 1.29 is 28.6 Å². The van der Waals surface area contributed by atoms with E-state index in [1.807, 2.05) is 6.92 Å². The van der Waals surface area contributed by atoms with Crippen molar-refractivity contribution in [3.63, 3.8) is 0 Å². The lowest BCUT2D eigenvalue weighted by Gasteiger charge is -2.14. The van der Waals surface area contributed by atoms with E-state index in [9.17, 15) is 14.4 Å². The smallest absolute Gasteiger partial charge is 0.341 e. The third-order valence-corrected chi connectivity index (χ3v) is 5.69. The second-order valence-corrected chi connectivity index (χ2v) is 7.50. The van der Waals surface area contributed by atoms with Gasteiger partial charge < -0.3 is 30.2 Å². The number of carbonyl (C=O) groups excluding carboxylic acids is 3. The molecule has 0 saturated carbocycles. The van der Waals surface area contributed by atoms with Gasteiger partial charge in [0.1, 0.15) is 5.00 Å². The third-order valence-electron chi connectivity index (χ3n) is 4.48. The number of rotatable bonds is 9. The lowest BCUT2D eigenvalue weighted by molar-refractivity contribution is -0.114. The van der Waals surface area contributed by atoms with E-state index in [-0.39, 0.29) is 35.5 Å². The van der Waals surface area contributed by atoms with Crippen LogP contribution in [0.2, 0.25) is 0 Å². The largest absolute Gasteiger partial charge is 0.493 e. The molecule has 0 aliphatic heterocycles. The van der Waals surface area contributed by atoms with E-state index in [2.05, 4.69) is 16.0 Å². The minimum Gasteiger partial charge on any atom is -0.493 e. The van der Waals surface area contributed by atoms with E-state index in [1.54, 1.807) is 33.1 Å². The molecule has 2 amide bonds. The number of aryl methyl sites for hydroxylation is 1. The standard InChI is InChI=1S/C21H27N3O6S/c1-7-30-21(27)17-12(3)18(19(26)22-4)31-20(17)24-16(25)10-23-13-9-15(29-6)14(28-5)8-11(13)2/h8-9,23H,7,10H2,1-6H3,(H,22,26)(H,24,25). The molecule has 0 aliphatic carbocycles. The van der Waals surface area contributed by atoms with Gasteiger partial charge in [-0.2, -0.15) is 0 Å². The van der Waals surface area contributed by atoms with Crippen LogP contribution in [0, 0.1) is 13.8 Å². The van der Waals surface area contributed by atoms with Crippen LogP contribution in [0.1, 0.15) is 38.1 Å². The Morgan fingerprint density at radius 1 is 1.06 bits per heavy atom. The number of ether oxygens (including phenoxy) is 3. The van der Waals surface area contributed by atoms with Crippen LogP contribution in [0.3, 0.4) is 0 Å². The number of anilines is 2. The highest BCUT2D eigenvalue weighted by Crippen LogP contribution is 2.34. The van der Waals surface area contributed by atoms with Gasteiger partial charge in [0, 0.05) is 18.8 Å². The first kappa shape index (κ1) is 24.0. The first-order chi connectivity index (χ1) is 14.8. The first-order valence-electron chi connectivity index (χ1n) is 9.56. The van der Waals surface area contributed by atoms with E-state index < -0.39 is 5.97 Å². The van der Waals surface area contributed by atoms with Gasteiger partial charge in [0.05, 0.1) is 37.8 Å². The summed E-state index contributed by atoms with van der Waals surface area (Å²) in [5.74, 6) is -0.197. The molecule has 1 aromatic carbocycles. The molecular weight excluding hydrogens is 422 g/mol. The summed E-state index contributed by atoms with van der Waals surface area (Å²) in [4.78, 5) is 37.5. The highest BCUT2D eigenvalue weighted by atomic mass is 32.1. The number of amides is 2. The molecule has 1 heterocycles. The summed E-state index contributed by atoms with van der Waals surface area (Å²) in [5, 5.41) is 8.56. The van der Waals surface area contributed by atoms with Crippen molar-refractivity contribution in [1.82, 2.24) is 5.32 Å². The molecule has 9 nitrogen and oxygen atoms in total. The average molecular weight is 450 g/mol. The normalized spacial score (nSPS) is 10.3. The molecule has 168 valence electrons. The van der Waals surface area contributed by atoms with Crippen LogP contribution < -0.4 is 25.4 Å². The SMILES string of the molecule is CCOC(=O)c1c(NC(=O)CNc2cc(OC)c(OC)cc2C)sc(C(=O)NC)c1C. The molecule has 1 aromatic heterocycles. The van der Waals surface area contributed by atoms with Crippen LogP contribution in [0.15, 0.2) is 12.1 Å². The molecular formula is C21H27N3O6S. The van der Waals surface area contributed by atoms with Gasteiger partial charge in [0.2, 0.25) is 5.91 Å². The summed E-state index contributed by atoms with van der Waals surface area (Å²) in [6.07, 6.45) is 0. The Morgan fingerprint density at radius 3 is 2.29 bits per heavy atom. The summed E-state index contributed by atoms with van der Waals surface area (Å²) in [7, 11) is 4.58. The molecule has 0 unspecified atom stereocenters. The fourth-order valence-corrected chi connectivity index (χ4v) is 4.06. The zero-order valence-electron chi connectivity index (χ0n) is 18.4. The number of hydrogen-bond acceptors (Lipinski definition) is 8. The summed E-state index contributed by atoms with van der Waals surface area (Å²) in [6, 6.07) is 3.54. The molecule has 10 heteroatoms.